The zero-order valence-corrected chi connectivity index (χ0v) is 13.0. The van der Waals surface area contributed by atoms with E-state index in [0.29, 0.717) is 18.8 Å². The minimum Gasteiger partial charge on any atom is -0.289 e. The van der Waals surface area contributed by atoms with Crippen LogP contribution in [0.4, 0.5) is 0 Å². The smallest absolute Gasteiger partial charge is 0.289 e. The van der Waals surface area contributed by atoms with Gasteiger partial charge >= 0.3 is 5.69 Å². The zero-order valence-electron chi connectivity index (χ0n) is 13.0. The van der Waals surface area contributed by atoms with Crippen molar-refractivity contribution in [1.82, 2.24) is 9.13 Å². The summed E-state index contributed by atoms with van der Waals surface area (Å²) in [5, 5.41) is 0. The third-order valence-electron chi connectivity index (χ3n) is 3.85. The van der Waals surface area contributed by atoms with Crippen LogP contribution in [-0.4, -0.2) is 9.13 Å². The SMILES string of the molecule is CCn1c(=O)cc(-c2ccccc2)n(Cc2ccccc2)c1=O. The summed E-state index contributed by atoms with van der Waals surface area (Å²) in [5.41, 5.74) is 1.99. The molecule has 0 aliphatic carbocycles. The van der Waals surface area contributed by atoms with Crippen LogP contribution in [0.5, 0.6) is 0 Å². The highest BCUT2D eigenvalue weighted by Gasteiger charge is 2.12. The summed E-state index contributed by atoms with van der Waals surface area (Å²) in [4.78, 5) is 25.0. The quantitative estimate of drug-likeness (QED) is 0.744. The molecule has 0 spiro atoms. The Morgan fingerprint density at radius 1 is 0.826 bits per heavy atom. The van der Waals surface area contributed by atoms with Crippen molar-refractivity contribution in [2.24, 2.45) is 0 Å². The maximum atomic E-state index is 12.7. The maximum Gasteiger partial charge on any atom is 0.331 e. The van der Waals surface area contributed by atoms with Crippen molar-refractivity contribution in [2.45, 2.75) is 20.0 Å². The Hall–Kier alpha value is -2.88. The Morgan fingerprint density at radius 3 is 2.04 bits per heavy atom. The van der Waals surface area contributed by atoms with Crippen molar-refractivity contribution in [3.63, 3.8) is 0 Å². The first-order chi connectivity index (χ1) is 11.2. The molecule has 0 saturated heterocycles. The van der Waals surface area contributed by atoms with E-state index in [0.717, 1.165) is 11.1 Å². The van der Waals surface area contributed by atoms with Crippen molar-refractivity contribution >= 4 is 0 Å². The van der Waals surface area contributed by atoms with Crippen LogP contribution in [0.3, 0.4) is 0 Å². The third-order valence-corrected chi connectivity index (χ3v) is 3.85. The normalized spacial score (nSPS) is 10.7. The monoisotopic (exact) mass is 306 g/mol. The summed E-state index contributed by atoms with van der Waals surface area (Å²) in [6.45, 7) is 2.60. The first kappa shape index (κ1) is 15.0. The number of hydrogen-bond acceptors (Lipinski definition) is 2. The fraction of sp³-hybridized carbons (Fsp3) is 0.158. The predicted molar refractivity (Wildman–Crippen MR) is 91.6 cm³/mol. The molecule has 0 atom stereocenters. The largest absolute Gasteiger partial charge is 0.331 e. The molecule has 0 N–H and O–H groups in total. The minimum atomic E-state index is -0.275. The highest BCUT2D eigenvalue weighted by atomic mass is 16.2. The van der Waals surface area contributed by atoms with Gasteiger partial charge in [-0.25, -0.2) is 4.79 Å². The van der Waals surface area contributed by atoms with Gasteiger partial charge in [-0.3, -0.25) is 13.9 Å². The van der Waals surface area contributed by atoms with Gasteiger partial charge in [-0.15, -0.1) is 0 Å². The summed E-state index contributed by atoms with van der Waals surface area (Å²) >= 11 is 0. The van der Waals surface area contributed by atoms with Gasteiger partial charge in [-0.1, -0.05) is 60.7 Å². The number of hydrogen-bond donors (Lipinski definition) is 0. The first-order valence-corrected chi connectivity index (χ1v) is 7.64. The van der Waals surface area contributed by atoms with Crippen molar-refractivity contribution in [3.05, 3.63) is 93.1 Å². The van der Waals surface area contributed by atoms with Crippen molar-refractivity contribution < 1.29 is 0 Å². The molecule has 0 aliphatic rings. The van der Waals surface area contributed by atoms with Gasteiger partial charge in [0.15, 0.2) is 0 Å². The lowest BCUT2D eigenvalue weighted by Crippen LogP contribution is -2.40. The van der Waals surface area contributed by atoms with E-state index in [9.17, 15) is 9.59 Å². The van der Waals surface area contributed by atoms with E-state index in [1.165, 1.54) is 4.57 Å². The molecule has 0 bridgehead atoms. The van der Waals surface area contributed by atoms with Crippen LogP contribution in [0, 0.1) is 0 Å². The highest BCUT2D eigenvalue weighted by Crippen LogP contribution is 2.17. The van der Waals surface area contributed by atoms with E-state index in [2.05, 4.69) is 0 Å². The van der Waals surface area contributed by atoms with Gasteiger partial charge in [0.1, 0.15) is 0 Å². The van der Waals surface area contributed by atoms with Crippen molar-refractivity contribution in [2.75, 3.05) is 0 Å². The molecule has 4 nitrogen and oxygen atoms in total. The molecular formula is C19H18N2O2. The molecule has 1 aromatic heterocycles. The maximum absolute atomic E-state index is 12.7. The molecule has 116 valence electrons. The van der Waals surface area contributed by atoms with E-state index in [-0.39, 0.29) is 11.2 Å². The number of aromatic nitrogens is 2. The van der Waals surface area contributed by atoms with Crippen molar-refractivity contribution in [1.29, 1.82) is 0 Å². The van der Waals surface area contributed by atoms with Gasteiger partial charge in [0, 0.05) is 12.6 Å². The van der Waals surface area contributed by atoms with Crippen LogP contribution in [0.25, 0.3) is 11.3 Å². The number of benzene rings is 2. The van der Waals surface area contributed by atoms with Gasteiger partial charge in [0.05, 0.1) is 12.2 Å². The number of nitrogens with zero attached hydrogens (tertiary/aromatic N) is 2. The fourth-order valence-electron chi connectivity index (χ4n) is 2.67. The Labute approximate surface area is 134 Å². The van der Waals surface area contributed by atoms with E-state index in [1.807, 2.05) is 60.7 Å². The highest BCUT2D eigenvalue weighted by molar-refractivity contribution is 5.59. The van der Waals surface area contributed by atoms with E-state index in [4.69, 9.17) is 0 Å². The zero-order chi connectivity index (χ0) is 16.2. The lowest BCUT2D eigenvalue weighted by Gasteiger charge is -2.15. The molecule has 0 radical (unpaired) electrons. The van der Waals surface area contributed by atoms with Gasteiger partial charge in [0.2, 0.25) is 0 Å². The molecule has 1 heterocycles. The molecular weight excluding hydrogens is 288 g/mol. The molecule has 0 aliphatic heterocycles. The average molecular weight is 306 g/mol. The van der Waals surface area contributed by atoms with E-state index < -0.39 is 0 Å². The van der Waals surface area contributed by atoms with Crippen molar-refractivity contribution in [3.8, 4) is 11.3 Å². The second-order valence-corrected chi connectivity index (χ2v) is 5.33. The van der Waals surface area contributed by atoms with Gasteiger partial charge in [0.25, 0.3) is 5.56 Å². The molecule has 0 saturated carbocycles. The summed E-state index contributed by atoms with van der Waals surface area (Å²) < 4.78 is 2.92. The first-order valence-electron chi connectivity index (χ1n) is 7.64. The second-order valence-electron chi connectivity index (χ2n) is 5.33. The topological polar surface area (TPSA) is 44.0 Å². The molecule has 0 amide bonds. The lowest BCUT2D eigenvalue weighted by atomic mass is 10.1. The predicted octanol–water partition coefficient (Wildman–Crippen LogP) is 2.75. The second kappa shape index (κ2) is 6.48. The Kier molecular flexibility index (Phi) is 4.24. The molecule has 4 heteroatoms. The standard InChI is InChI=1S/C19H18N2O2/c1-2-20-18(22)13-17(16-11-7-4-8-12-16)21(19(20)23)14-15-9-5-3-6-10-15/h3-13H,2,14H2,1H3. The van der Waals surface area contributed by atoms with E-state index >= 15 is 0 Å². The summed E-state index contributed by atoms with van der Waals surface area (Å²) in [6.07, 6.45) is 0. The minimum absolute atomic E-state index is 0.263. The number of rotatable bonds is 4. The lowest BCUT2D eigenvalue weighted by molar-refractivity contribution is 0.603. The summed E-state index contributed by atoms with van der Waals surface area (Å²) in [6, 6.07) is 20.9. The molecule has 0 fully saturated rings. The fourth-order valence-corrected chi connectivity index (χ4v) is 2.67. The van der Waals surface area contributed by atoms with Gasteiger partial charge in [-0.2, -0.15) is 0 Å². The molecule has 2 aromatic carbocycles. The molecule has 0 unspecified atom stereocenters. The Bertz CT molecular complexity index is 910. The average Bonchev–Trinajstić information content (AvgIpc) is 2.59. The Balaban J connectivity index is 2.23. The third kappa shape index (κ3) is 3.01. The van der Waals surface area contributed by atoms with Crippen LogP contribution < -0.4 is 11.2 Å². The molecule has 3 aromatic rings. The van der Waals surface area contributed by atoms with Gasteiger partial charge < -0.3 is 0 Å². The van der Waals surface area contributed by atoms with Crippen LogP contribution in [0.1, 0.15) is 12.5 Å². The Morgan fingerprint density at radius 2 is 1.43 bits per heavy atom. The van der Waals surface area contributed by atoms with Crippen LogP contribution >= 0.6 is 0 Å². The van der Waals surface area contributed by atoms with Crippen LogP contribution in [0.15, 0.2) is 76.3 Å². The summed E-state index contributed by atoms with van der Waals surface area (Å²) in [5.74, 6) is 0. The van der Waals surface area contributed by atoms with E-state index in [1.54, 1.807) is 17.6 Å². The van der Waals surface area contributed by atoms with Gasteiger partial charge in [-0.05, 0) is 18.1 Å². The van der Waals surface area contributed by atoms with Crippen LogP contribution in [0.2, 0.25) is 0 Å². The molecule has 3 rings (SSSR count). The summed E-state index contributed by atoms with van der Waals surface area (Å²) in [7, 11) is 0. The van der Waals surface area contributed by atoms with Crippen LogP contribution in [-0.2, 0) is 13.1 Å². The molecule has 23 heavy (non-hydrogen) atoms.